The van der Waals surface area contributed by atoms with Crippen LogP contribution in [0.3, 0.4) is 0 Å². The summed E-state index contributed by atoms with van der Waals surface area (Å²) in [4.78, 5) is 18.1. The van der Waals surface area contributed by atoms with Crippen molar-refractivity contribution < 1.29 is 14.3 Å². The van der Waals surface area contributed by atoms with Gasteiger partial charge in [-0.2, -0.15) is 4.98 Å². The Kier molecular flexibility index (Phi) is 2.19. The van der Waals surface area contributed by atoms with E-state index in [1.54, 1.807) is 0 Å². The van der Waals surface area contributed by atoms with Crippen molar-refractivity contribution in [2.24, 2.45) is 0 Å². The third-order valence-corrected chi connectivity index (χ3v) is 2.02. The molecular weight excluding hydrogens is 223 g/mol. The van der Waals surface area contributed by atoms with Crippen molar-refractivity contribution in [1.82, 2.24) is 19.6 Å². The normalized spacial score (nSPS) is 10.7. The van der Waals surface area contributed by atoms with Crippen molar-refractivity contribution in [3.05, 3.63) is 22.2 Å². The first-order valence-corrected chi connectivity index (χ1v) is 4.30. The van der Waals surface area contributed by atoms with Crippen LogP contribution in [0, 0.1) is 4.64 Å². The fourth-order valence-corrected chi connectivity index (χ4v) is 1.33. The van der Waals surface area contributed by atoms with Gasteiger partial charge in [0.05, 0.1) is 0 Å². The van der Waals surface area contributed by atoms with Gasteiger partial charge in [-0.3, -0.25) is 5.10 Å². The lowest BCUT2D eigenvalue weighted by Crippen LogP contribution is -2.03. The highest BCUT2D eigenvalue weighted by Crippen LogP contribution is 2.04. The zero-order valence-corrected chi connectivity index (χ0v) is 8.08. The van der Waals surface area contributed by atoms with Gasteiger partial charge in [0.2, 0.25) is 0 Å². The number of carboxylic acids is 1. The molecule has 8 heteroatoms. The van der Waals surface area contributed by atoms with E-state index in [1.807, 2.05) is 0 Å². The van der Waals surface area contributed by atoms with Gasteiger partial charge in [0.15, 0.2) is 11.5 Å². The van der Waals surface area contributed by atoms with Gasteiger partial charge in [0.25, 0.3) is 5.78 Å². The molecule has 6 nitrogen and oxygen atoms in total. The summed E-state index contributed by atoms with van der Waals surface area (Å²) in [5.74, 6) is -1.10. The third-order valence-electron chi connectivity index (χ3n) is 1.72. The van der Waals surface area contributed by atoms with Gasteiger partial charge in [-0.05, 0) is 0 Å². The topological polar surface area (TPSA) is 83.3 Å². The van der Waals surface area contributed by atoms with E-state index in [1.165, 1.54) is 10.6 Å². The first-order valence-electron chi connectivity index (χ1n) is 3.90. The molecule has 2 heterocycles. The Morgan fingerprint density at radius 1 is 1.67 bits per heavy atom. The molecule has 2 rings (SSSR count). The molecule has 78 valence electrons. The maximum absolute atomic E-state index is 12.3. The molecule has 0 unspecified atom stereocenters. The van der Waals surface area contributed by atoms with Gasteiger partial charge in [-0.25, -0.2) is 18.7 Å². The van der Waals surface area contributed by atoms with Crippen LogP contribution < -0.4 is 0 Å². The highest BCUT2D eigenvalue weighted by molar-refractivity contribution is 7.71. The number of H-pyrrole nitrogens is 1. The predicted molar refractivity (Wildman–Crippen MR) is 49.9 cm³/mol. The summed E-state index contributed by atoms with van der Waals surface area (Å²) >= 11 is 4.89. The van der Waals surface area contributed by atoms with Gasteiger partial charge in [-0.1, -0.05) is 12.2 Å². The van der Waals surface area contributed by atoms with Crippen LogP contribution in [0.2, 0.25) is 0 Å². The lowest BCUT2D eigenvalue weighted by atomic mass is 10.4. The number of aromatic carboxylic acids is 1. The number of hydrogen-bond donors (Lipinski definition) is 2. The summed E-state index contributed by atoms with van der Waals surface area (Å²) < 4.78 is 13.7. The molecule has 15 heavy (non-hydrogen) atoms. The molecule has 2 N–H and O–H groups in total. The third kappa shape index (κ3) is 1.59. The Labute approximate surface area is 87.4 Å². The Morgan fingerprint density at radius 2 is 2.40 bits per heavy atom. The minimum absolute atomic E-state index is 0.0487. The number of carbonyl (C=O) groups is 1. The van der Waals surface area contributed by atoms with Gasteiger partial charge in [0, 0.05) is 6.07 Å². The lowest BCUT2D eigenvalue weighted by Gasteiger charge is -1.94. The number of hydrogen-bond acceptors (Lipinski definition) is 4. The molecule has 0 spiro atoms. The van der Waals surface area contributed by atoms with Crippen molar-refractivity contribution in [3.8, 4) is 0 Å². The summed E-state index contributed by atoms with van der Waals surface area (Å²) in [7, 11) is 0. The molecule has 0 saturated carbocycles. The van der Waals surface area contributed by atoms with Crippen LogP contribution in [0.25, 0.3) is 5.78 Å². The average molecular weight is 228 g/mol. The van der Waals surface area contributed by atoms with Crippen molar-refractivity contribution in [1.29, 1.82) is 0 Å². The number of nitrogens with one attached hydrogen (secondary N) is 1. The minimum atomic E-state index is -1.20. The molecule has 0 aliphatic carbocycles. The molecule has 0 atom stereocenters. The SMILES string of the molecule is O=C(O)c1cc(=S)n2[nH]c(CF)nc2n1. The van der Waals surface area contributed by atoms with E-state index in [9.17, 15) is 9.18 Å². The number of nitrogens with zero attached hydrogens (tertiary/aromatic N) is 3. The molecule has 0 fully saturated rings. The number of rotatable bonds is 2. The number of alkyl halides is 1. The molecule has 2 aromatic rings. The van der Waals surface area contributed by atoms with Gasteiger partial charge in [0.1, 0.15) is 11.3 Å². The van der Waals surface area contributed by atoms with Crippen LogP contribution in [0.4, 0.5) is 4.39 Å². The molecule has 0 amide bonds. The molecular formula is C7H5FN4O2S. The fourth-order valence-electron chi connectivity index (χ4n) is 1.09. The van der Waals surface area contributed by atoms with Gasteiger partial charge in [-0.15, -0.1) is 0 Å². The van der Waals surface area contributed by atoms with E-state index in [4.69, 9.17) is 17.3 Å². The smallest absolute Gasteiger partial charge is 0.354 e. The molecule has 0 aliphatic rings. The Hall–Kier alpha value is -1.83. The highest BCUT2D eigenvalue weighted by atomic mass is 32.1. The van der Waals surface area contributed by atoms with Crippen LogP contribution in [0.1, 0.15) is 16.3 Å². The van der Waals surface area contributed by atoms with Gasteiger partial charge >= 0.3 is 5.97 Å². The number of aromatic nitrogens is 4. The predicted octanol–water partition coefficient (Wildman–Crippen LogP) is 0.955. The maximum atomic E-state index is 12.3. The van der Waals surface area contributed by atoms with Gasteiger partial charge < -0.3 is 5.11 Å². The number of fused-ring (bicyclic) bond motifs is 1. The molecule has 0 radical (unpaired) electrons. The van der Waals surface area contributed by atoms with E-state index in [0.717, 1.165) is 0 Å². The first kappa shape index (κ1) is 9.71. The summed E-state index contributed by atoms with van der Waals surface area (Å²) in [5, 5.41) is 11.3. The van der Waals surface area contributed by atoms with E-state index in [0.29, 0.717) is 0 Å². The number of carboxylic acid groups (broad SMARTS) is 1. The second kappa shape index (κ2) is 3.39. The quantitative estimate of drug-likeness (QED) is 0.748. The van der Waals surface area contributed by atoms with Crippen LogP contribution in [-0.2, 0) is 6.67 Å². The Balaban J connectivity index is 2.76. The highest BCUT2D eigenvalue weighted by Gasteiger charge is 2.10. The second-order valence-electron chi connectivity index (χ2n) is 2.72. The van der Waals surface area contributed by atoms with Crippen LogP contribution in [0.5, 0.6) is 0 Å². The standard InChI is InChI=1S/C7H5FN4O2S/c8-2-4-10-7-9-3(6(13)14)1-5(15)12(7)11-4/h1H,2H2,(H,13,14)(H,9,10,11). The maximum Gasteiger partial charge on any atom is 0.354 e. The van der Waals surface area contributed by atoms with Crippen molar-refractivity contribution in [2.45, 2.75) is 6.67 Å². The van der Waals surface area contributed by atoms with Crippen molar-refractivity contribution in [2.75, 3.05) is 0 Å². The van der Waals surface area contributed by atoms with Crippen LogP contribution in [0.15, 0.2) is 6.07 Å². The molecule has 2 aromatic heterocycles. The van der Waals surface area contributed by atoms with Crippen molar-refractivity contribution in [3.63, 3.8) is 0 Å². The monoisotopic (exact) mass is 228 g/mol. The zero-order valence-electron chi connectivity index (χ0n) is 7.27. The summed E-state index contributed by atoms with van der Waals surface area (Å²) in [5.41, 5.74) is -0.211. The lowest BCUT2D eigenvalue weighted by molar-refractivity contribution is 0.0690. The Bertz CT molecular complexity index is 590. The molecule has 0 aliphatic heterocycles. The van der Waals surface area contributed by atoms with E-state index >= 15 is 0 Å². The van der Waals surface area contributed by atoms with E-state index < -0.39 is 12.6 Å². The summed E-state index contributed by atoms with van der Waals surface area (Å²) in [6.07, 6.45) is 0. The fraction of sp³-hybridized carbons (Fsp3) is 0.143. The molecule has 0 aromatic carbocycles. The van der Waals surface area contributed by atoms with E-state index in [2.05, 4.69) is 15.1 Å². The largest absolute Gasteiger partial charge is 0.477 e. The second-order valence-corrected chi connectivity index (χ2v) is 3.14. The zero-order chi connectivity index (χ0) is 11.0. The average Bonchev–Trinajstić information content (AvgIpc) is 2.61. The van der Waals surface area contributed by atoms with Crippen LogP contribution in [-0.4, -0.2) is 30.7 Å². The van der Waals surface area contributed by atoms with Crippen LogP contribution >= 0.6 is 12.2 Å². The summed E-state index contributed by atoms with van der Waals surface area (Å²) in [6, 6.07) is 1.20. The molecule has 0 saturated heterocycles. The molecule has 0 bridgehead atoms. The van der Waals surface area contributed by atoms with E-state index in [-0.39, 0.29) is 21.9 Å². The first-order chi connectivity index (χ1) is 7.11. The number of halogens is 1. The number of aromatic amines is 1. The van der Waals surface area contributed by atoms with Crippen molar-refractivity contribution >= 4 is 24.0 Å². The minimum Gasteiger partial charge on any atom is -0.477 e. The summed E-state index contributed by atoms with van der Waals surface area (Å²) in [6.45, 7) is -0.791. The Morgan fingerprint density at radius 3 is 3.00 bits per heavy atom.